The summed E-state index contributed by atoms with van der Waals surface area (Å²) in [6.45, 7) is 3.31. The molecule has 6 nitrogen and oxygen atoms in total. The number of ether oxygens (including phenoxy) is 2. The third-order valence-corrected chi connectivity index (χ3v) is 4.98. The maximum atomic E-state index is 15.5. The molecule has 3 rings (SSSR count). The van der Waals surface area contributed by atoms with Crippen LogP contribution in [0.3, 0.4) is 0 Å². The van der Waals surface area contributed by atoms with Crippen molar-refractivity contribution in [2.45, 2.75) is 37.8 Å². The first-order chi connectivity index (χ1) is 14.0. The molecule has 2 N–H and O–H groups in total. The highest BCUT2D eigenvalue weighted by Crippen LogP contribution is 2.50. The number of halogens is 3. The Bertz CT molecular complexity index is 1040. The zero-order valence-electron chi connectivity index (χ0n) is 17.0. The second-order valence-corrected chi connectivity index (χ2v) is 7.44. The number of rotatable bonds is 2. The van der Waals surface area contributed by atoms with Crippen molar-refractivity contribution in [3.05, 3.63) is 53.2 Å². The molecule has 9 heteroatoms. The molecule has 2 aromatic rings. The standard InChI is InChI=1S/C21H21F3N4O2/c1-19(2)21(23,24)20(3,28-17(25)12-30-19)15-9-13(6-8-16(15)22)5-7-14-10-27-18(29-4)11-26-14/h6,8-11H,12H2,1-4H3,(H2,25,28)/t20-/m1/s1. The lowest BCUT2D eigenvalue weighted by Gasteiger charge is -2.41. The topological polar surface area (TPSA) is 82.6 Å². The highest BCUT2D eigenvalue weighted by Gasteiger charge is 2.63. The van der Waals surface area contributed by atoms with Crippen LogP contribution in [0.2, 0.25) is 0 Å². The molecule has 1 aliphatic heterocycles. The highest BCUT2D eigenvalue weighted by molar-refractivity contribution is 5.82. The predicted octanol–water partition coefficient (Wildman–Crippen LogP) is 3.04. The van der Waals surface area contributed by atoms with Gasteiger partial charge in [-0.2, -0.15) is 0 Å². The smallest absolute Gasteiger partial charge is 0.304 e. The normalized spacial score (nSPS) is 22.3. The van der Waals surface area contributed by atoms with E-state index < -0.39 is 22.9 Å². The zero-order valence-corrected chi connectivity index (χ0v) is 17.0. The van der Waals surface area contributed by atoms with Gasteiger partial charge in [0.05, 0.1) is 19.5 Å². The van der Waals surface area contributed by atoms with Crippen molar-refractivity contribution in [1.82, 2.24) is 9.97 Å². The van der Waals surface area contributed by atoms with Crippen molar-refractivity contribution >= 4 is 5.84 Å². The van der Waals surface area contributed by atoms with Crippen LogP contribution >= 0.6 is 0 Å². The van der Waals surface area contributed by atoms with E-state index >= 15 is 8.78 Å². The Morgan fingerprint density at radius 1 is 1.13 bits per heavy atom. The first-order valence-corrected chi connectivity index (χ1v) is 9.04. The molecule has 0 saturated carbocycles. The molecule has 0 bridgehead atoms. The van der Waals surface area contributed by atoms with E-state index in [4.69, 9.17) is 15.2 Å². The maximum Gasteiger partial charge on any atom is 0.304 e. The molecular weight excluding hydrogens is 397 g/mol. The van der Waals surface area contributed by atoms with Crippen LogP contribution in [0, 0.1) is 17.7 Å². The van der Waals surface area contributed by atoms with Gasteiger partial charge >= 0.3 is 5.92 Å². The van der Waals surface area contributed by atoms with Crippen LogP contribution in [-0.2, 0) is 10.3 Å². The Balaban J connectivity index is 2.08. The van der Waals surface area contributed by atoms with Crippen molar-refractivity contribution in [3.8, 4) is 17.7 Å². The number of benzene rings is 1. The summed E-state index contributed by atoms with van der Waals surface area (Å²) < 4.78 is 55.8. The summed E-state index contributed by atoms with van der Waals surface area (Å²) in [7, 11) is 1.46. The molecule has 1 aromatic heterocycles. The zero-order chi connectivity index (χ0) is 22.2. The molecule has 2 heterocycles. The molecule has 0 saturated heterocycles. The second kappa shape index (κ2) is 7.61. The average Bonchev–Trinajstić information content (AvgIpc) is 2.77. The number of aromatic nitrogens is 2. The molecule has 0 aliphatic carbocycles. The summed E-state index contributed by atoms with van der Waals surface area (Å²) >= 11 is 0. The van der Waals surface area contributed by atoms with Gasteiger partial charge in [-0.1, -0.05) is 5.92 Å². The Morgan fingerprint density at radius 3 is 2.50 bits per heavy atom. The number of nitrogens with two attached hydrogens (primary N) is 1. The van der Waals surface area contributed by atoms with Crippen molar-refractivity contribution in [1.29, 1.82) is 0 Å². The Labute approximate surface area is 172 Å². The SMILES string of the molecule is COc1cnc(C#Cc2ccc(F)c([C@@]3(C)N=C(N)COC(C)(C)C3(F)F)c2)cn1. The van der Waals surface area contributed by atoms with Gasteiger partial charge in [-0.15, -0.1) is 0 Å². The van der Waals surface area contributed by atoms with Gasteiger partial charge in [0.1, 0.15) is 29.6 Å². The van der Waals surface area contributed by atoms with Gasteiger partial charge in [-0.3, -0.25) is 4.99 Å². The summed E-state index contributed by atoms with van der Waals surface area (Å²) in [6, 6.07) is 3.70. The molecule has 0 fully saturated rings. The molecule has 158 valence electrons. The largest absolute Gasteiger partial charge is 0.480 e. The minimum Gasteiger partial charge on any atom is -0.480 e. The molecule has 1 atom stereocenters. The van der Waals surface area contributed by atoms with E-state index in [2.05, 4.69) is 26.8 Å². The van der Waals surface area contributed by atoms with Crippen LogP contribution in [0.5, 0.6) is 5.88 Å². The van der Waals surface area contributed by atoms with Gasteiger partial charge < -0.3 is 15.2 Å². The fourth-order valence-corrected chi connectivity index (χ4v) is 3.15. The van der Waals surface area contributed by atoms with Crippen molar-refractivity contribution in [2.75, 3.05) is 13.7 Å². The Kier molecular flexibility index (Phi) is 5.48. The van der Waals surface area contributed by atoms with Gasteiger partial charge in [0, 0.05) is 11.1 Å². The predicted molar refractivity (Wildman–Crippen MR) is 105 cm³/mol. The van der Waals surface area contributed by atoms with Crippen molar-refractivity contribution < 1.29 is 22.6 Å². The summed E-state index contributed by atoms with van der Waals surface area (Å²) in [5.74, 6) is 1.30. The highest BCUT2D eigenvalue weighted by atomic mass is 19.3. The van der Waals surface area contributed by atoms with Crippen LogP contribution in [-0.4, -0.2) is 41.0 Å². The third kappa shape index (κ3) is 3.71. The summed E-state index contributed by atoms with van der Waals surface area (Å²) in [4.78, 5) is 12.0. The summed E-state index contributed by atoms with van der Waals surface area (Å²) in [6.07, 6.45) is 2.80. The number of amidine groups is 1. The fraction of sp³-hybridized carbons (Fsp3) is 0.381. The van der Waals surface area contributed by atoms with E-state index in [1.165, 1.54) is 45.5 Å². The number of hydrogen-bond donors (Lipinski definition) is 1. The van der Waals surface area contributed by atoms with Gasteiger partial charge in [0.15, 0.2) is 5.54 Å². The lowest BCUT2D eigenvalue weighted by molar-refractivity contribution is -0.214. The molecule has 0 spiro atoms. The van der Waals surface area contributed by atoms with E-state index in [0.29, 0.717) is 17.1 Å². The van der Waals surface area contributed by atoms with Crippen LogP contribution in [0.1, 0.15) is 37.6 Å². The first kappa shape index (κ1) is 21.6. The van der Waals surface area contributed by atoms with Crippen LogP contribution < -0.4 is 10.5 Å². The third-order valence-electron chi connectivity index (χ3n) is 4.98. The molecule has 0 amide bonds. The van der Waals surface area contributed by atoms with E-state index in [1.807, 2.05) is 0 Å². The van der Waals surface area contributed by atoms with E-state index in [0.717, 1.165) is 13.0 Å². The van der Waals surface area contributed by atoms with Gasteiger partial charge in [0.2, 0.25) is 5.88 Å². The number of alkyl halides is 2. The molecule has 0 unspecified atom stereocenters. The lowest BCUT2D eigenvalue weighted by atomic mass is 9.77. The second-order valence-electron chi connectivity index (χ2n) is 7.44. The number of aliphatic imine (C=N–C) groups is 1. The molecule has 1 aromatic carbocycles. The Hall–Kier alpha value is -3.12. The quantitative estimate of drug-likeness (QED) is 0.758. The average molecular weight is 418 g/mol. The first-order valence-electron chi connectivity index (χ1n) is 9.04. The number of nitrogens with zero attached hydrogens (tertiary/aromatic N) is 3. The van der Waals surface area contributed by atoms with Gasteiger partial charge in [-0.05, 0) is 44.9 Å². The van der Waals surface area contributed by atoms with Crippen LogP contribution in [0.25, 0.3) is 0 Å². The number of methoxy groups -OCH3 is 1. The van der Waals surface area contributed by atoms with Crippen LogP contribution in [0.4, 0.5) is 13.2 Å². The molecule has 30 heavy (non-hydrogen) atoms. The minimum atomic E-state index is -3.57. The molecular formula is C21H21F3N4O2. The summed E-state index contributed by atoms with van der Waals surface area (Å²) in [5, 5.41) is 0. The molecule has 1 aliphatic rings. The minimum absolute atomic E-state index is 0.146. The Morgan fingerprint density at radius 2 is 1.87 bits per heavy atom. The molecule has 0 radical (unpaired) electrons. The van der Waals surface area contributed by atoms with E-state index in [1.54, 1.807) is 0 Å². The van der Waals surface area contributed by atoms with Gasteiger partial charge in [0.25, 0.3) is 0 Å². The fourth-order valence-electron chi connectivity index (χ4n) is 3.15. The van der Waals surface area contributed by atoms with E-state index in [9.17, 15) is 4.39 Å². The summed E-state index contributed by atoms with van der Waals surface area (Å²) in [5.41, 5.74) is 1.84. The lowest BCUT2D eigenvalue weighted by Crippen LogP contribution is -2.56. The maximum absolute atomic E-state index is 15.5. The van der Waals surface area contributed by atoms with Crippen molar-refractivity contribution in [2.24, 2.45) is 10.7 Å². The van der Waals surface area contributed by atoms with Crippen molar-refractivity contribution in [3.63, 3.8) is 0 Å². The van der Waals surface area contributed by atoms with Crippen LogP contribution in [0.15, 0.2) is 35.6 Å². The monoisotopic (exact) mass is 418 g/mol. The van der Waals surface area contributed by atoms with Gasteiger partial charge in [-0.25, -0.2) is 23.1 Å². The van der Waals surface area contributed by atoms with E-state index in [-0.39, 0.29) is 18.0 Å². The number of hydrogen-bond acceptors (Lipinski definition) is 6.